The van der Waals surface area contributed by atoms with Gasteiger partial charge in [0.05, 0.1) is 19.0 Å². The minimum atomic E-state index is -3.29. The van der Waals surface area contributed by atoms with Crippen LogP contribution in [0.2, 0.25) is 0 Å². The molecular formula is C12H22N2O4S. The van der Waals surface area contributed by atoms with Gasteiger partial charge in [0.15, 0.2) is 0 Å². The number of amides is 1. The molecule has 2 aliphatic heterocycles. The van der Waals surface area contributed by atoms with E-state index in [-0.39, 0.29) is 11.7 Å². The molecule has 110 valence electrons. The molecule has 0 radical (unpaired) electrons. The van der Waals surface area contributed by atoms with Gasteiger partial charge in [-0.3, -0.25) is 4.79 Å². The summed E-state index contributed by atoms with van der Waals surface area (Å²) in [4.78, 5) is 14.2. The summed E-state index contributed by atoms with van der Waals surface area (Å²) in [5, 5.41) is 0. The van der Waals surface area contributed by atoms with Crippen molar-refractivity contribution in [1.29, 1.82) is 0 Å². The molecule has 7 heteroatoms. The fourth-order valence-electron chi connectivity index (χ4n) is 2.69. The Labute approximate surface area is 114 Å². The molecule has 0 bridgehead atoms. The molecular weight excluding hydrogens is 268 g/mol. The van der Waals surface area contributed by atoms with Crippen molar-refractivity contribution in [3.63, 3.8) is 0 Å². The van der Waals surface area contributed by atoms with Gasteiger partial charge in [0.25, 0.3) is 0 Å². The van der Waals surface area contributed by atoms with E-state index in [0.29, 0.717) is 45.7 Å². The average molecular weight is 290 g/mol. The molecule has 0 aromatic rings. The summed E-state index contributed by atoms with van der Waals surface area (Å²) in [7, 11) is -3.29. The summed E-state index contributed by atoms with van der Waals surface area (Å²) in [6, 6.07) is -0.491. The molecule has 0 spiro atoms. The average Bonchev–Trinajstić information content (AvgIpc) is 2.89. The van der Waals surface area contributed by atoms with E-state index in [9.17, 15) is 13.2 Å². The number of sulfonamides is 1. The van der Waals surface area contributed by atoms with Crippen molar-refractivity contribution < 1.29 is 17.9 Å². The maximum Gasteiger partial charge on any atom is 0.241 e. The Morgan fingerprint density at radius 2 is 1.95 bits per heavy atom. The van der Waals surface area contributed by atoms with Gasteiger partial charge < -0.3 is 9.64 Å². The van der Waals surface area contributed by atoms with Crippen LogP contribution in [-0.4, -0.2) is 68.2 Å². The second kappa shape index (κ2) is 6.19. The first kappa shape index (κ1) is 14.7. The third-order valence-electron chi connectivity index (χ3n) is 3.63. The van der Waals surface area contributed by atoms with E-state index in [1.165, 1.54) is 4.31 Å². The molecule has 2 rings (SSSR count). The zero-order chi connectivity index (χ0) is 13.9. The number of rotatable bonds is 4. The summed E-state index contributed by atoms with van der Waals surface area (Å²) in [6.45, 7) is 4.53. The van der Waals surface area contributed by atoms with Crippen LogP contribution in [0.1, 0.15) is 26.2 Å². The van der Waals surface area contributed by atoms with Gasteiger partial charge >= 0.3 is 0 Å². The van der Waals surface area contributed by atoms with Crippen LogP contribution in [-0.2, 0) is 19.6 Å². The van der Waals surface area contributed by atoms with Gasteiger partial charge in [-0.1, -0.05) is 6.92 Å². The largest absolute Gasteiger partial charge is 0.378 e. The Morgan fingerprint density at radius 1 is 1.26 bits per heavy atom. The van der Waals surface area contributed by atoms with Crippen LogP contribution in [0.25, 0.3) is 0 Å². The molecule has 19 heavy (non-hydrogen) atoms. The number of ether oxygens (including phenoxy) is 1. The fraction of sp³-hybridized carbons (Fsp3) is 0.917. The summed E-state index contributed by atoms with van der Waals surface area (Å²) in [5.41, 5.74) is 0. The lowest BCUT2D eigenvalue weighted by atomic mass is 10.2. The first-order valence-corrected chi connectivity index (χ1v) is 8.53. The van der Waals surface area contributed by atoms with Crippen LogP contribution in [0.15, 0.2) is 0 Å². The van der Waals surface area contributed by atoms with Crippen molar-refractivity contribution in [2.45, 2.75) is 32.2 Å². The Bertz CT molecular complexity index is 417. The fourth-order valence-corrected chi connectivity index (χ4v) is 4.43. The minimum Gasteiger partial charge on any atom is -0.378 e. The van der Waals surface area contributed by atoms with Gasteiger partial charge in [-0.2, -0.15) is 4.31 Å². The van der Waals surface area contributed by atoms with Crippen LogP contribution < -0.4 is 0 Å². The molecule has 2 fully saturated rings. The Hall–Kier alpha value is -0.660. The smallest absolute Gasteiger partial charge is 0.241 e. The van der Waals surface area contributed by atoms with E-state index in [4.69, 9.17) is 4.74 Å². The predicted octanol–water partition coefficient (Wildman–Crippen LogP) is 0.0494. The molecule has 6 nitrogen and oxygen atoms in total. The molecule has 2 saturated heterocycles. The lowest BCUT2D eigenvalue weighted by Crippen LogP contribution is -2.51. The molecule has 0 N–H and O–H groups in total. The van der Waals surface area contributed by atoms with Crippen molar-refractivity contribution in [3.05, 3.63) is 0 Å². The molecule has 0 aliphatic carbocycles. The van der Waals surface area contributed by atoms with Gasteiger partial charge in [0, 0.05) is 19.6 Å². The van der Waals surface area contributed by atoms with E-state index >= 15 is 0 Å². The highest BCUT2D eigenvalue weighted by Gasteiger charge is 2.40. The zero-order valence-corrected chi connectivity index (χ0v) is 12.2. The van der Waals surface area contributed by atoms with Crippen LogP contribution in [0.5, 0.6) is 0 Å². The number of carbonyl (C=O) groups excluding carboxylic acids is 1. The standard InChI is InChI=1S/C12H22N2O4S/c1-2-10-19(16,17)14-5-3-4-11(14)12(15)13-6-8-18-9-7-13/h11H,2-10H2,1H3/t11-/m0/s1. The number of nitrogens with zero attached hydrogens (tertiary/aromatic N) is 2. The van der Waals surface area contributed by atoms with E-state index < -0.39 is 16.1 Å². The Balaban J connectivity index is 2.07. The van der Waals surface area contributed by atoms with Crippen LogP contribution in [0.4, 0.5) is 0 Å². The third-order valence-corrected chi connectivity index (χ3v) is 5.71. The number of carbonyl (C=O) groups is 1. The van der Waals surface area contributed by atoms with E-state index in [2.05, 4.69) is 0 Å². The minimum absolute atomic E-state index is 0.0551. The molecule has 0 unspecified atom stereocenters. The van der Waals surface area contributed by atoms with Crippen molar-refractivity contribution in [2.24, 2.45) is 0 Å². The lowest BCUT2D eigenvalue weighted by Gasteiger charge is -2.32. The Morgan fingerprint density at radius 3 is 2.58 bits per heavy atom. The highest BCUT2D eigenvalue weighted by Crippen LogP contribution is 2.23. The van der Waals surface area contributed by atoms with Crippen molar-refractivity contribution in [2.75, 3.05) is 38.6 Å². The topological polar surface area (TPSA) is 66.9 Å². The molecule has 2 heterocycles. The van der Waals surface area contributed by atoms with Gasteiger partial charge in [-0.05, 0) is 19.3 Å². The lowest BCUT2D eigenvalue weighted by molar-refractivity contribution is -0.138. The van der Waals surface area contributed by atoms with E-state index in [0.717, 1.165) is 6.42 Å². The zero-order valence-electron chi connectivity index (χ0n) is 11.4. The van der Waals surface area contributed by atoms with Crippen molar-refractivity contribution >= 4 is 15.9 Å². The first-order chi connectivity index (χ1) is 9.06. The number of hydrogen-bond acceptors (Lipinski definition) is 4. The molecule has 1 amide bonds. The molecule has 1 atom stereocenters. The monoisotopic (exact) mass is 290 g/mol. The molecule has 0 saturated carbocycles. The van der Waals surface area contributed by atoms with Crippen LogP contribution in [0, 0.1) is 0 Å². The van der Waals surface area contributed by atoms with Gasteiger partial charge in [0.2, 0.25) is 15.9 Å². The maximum atomic E-state index is 12.4. The van der Waals surface area contributed by atoms with E-state index in [1.54, 1.807) is 4.90 Å². The van der Waals surface area contributed by atoms with Gasteiger partial charge in [-0.25, -0.2) is 8.42 Å². The Kier molecular flexibility index (Phi) is 4.81. The van der Waals surface area contributed by atoms with Crippen molar-refractivity contribution in [1.82, 2.24) is 9.21 Å². The molecule has 2 aliphatic rings. The normalized spacial score (nSPS) is 25.7. The molecule has 0 aromatic heterocycles. The first-order valence-electron chi connectivity index (χ1n) is 6.92. The van der Waals surface area contributed by atoms with Gasteiger partial charge in [-0.15, -0.1) is 0 Å². The van der Waals surface area contributed by atoms with Crippen molar-refractivity contribution in [3.8, 4) is 0 Å². The number of morpholine rings is 1. The second-order valence-electron chi connectivity index (χ2n) is 5.02. The number of hydrogen-bond donors (Lipinski definition) is 0. The van der Waals surface area contributed by atoms with Crippen LogP contribution >= 0.6 is 0 Å². The third kappa shape index (κ3) is 3.27. The predicted molar refractivity (Wildman–Crippen MR) is 71.2 cm³/mol. The molecule has 0 aromatic carbocycles. The van der Waals surface area contributed by atoms with E-state index in [1.807, 2.05) is 6.92 Å². The SMILES string of the molecule is CCCS(=O)(=O)N1CCC[C@H]1C(=O)N1CCOCC1. The summed E-state index contributed by atoms with van der Waals surface area (Å²) in [5.74, 6) is 0.0698. The second-order valence-corrected chi connectivity index (χ2v) is 7.06. The summed E-state index contributed by atoms with van der Waals surface area (Å²) >= 11 is 0. The summed E-state index contributed by atoms with van der Waals surface area (Å²) in [6.07, 6.45) is 1.99. The quantitative estimate of drug-likeness (QED) is 0.734. The highest BCUT2D eigenvalue weighted by atomic mass is 32.2. The maximum absolute atomic E-state index is 12.4. The summed E-state index contributed by atoms with van der Waals surface area (Å²) < 4.78 is 31.0. The highest BCUT2D eigenvalue weighted by molar-refractivity contribution is 7.89. The van der Waals surface area contributed by atoms with Gasteiger partial charge in [0.1, 0.15) is 6.04 Å². The van der Waals surface area contributed by atoms with Crippen LogP contribution in [0.3, 0.4) is 0 Å².